The summed E-state index contributed by atoms with van der Waals surface area (Å²) in [4.78, 5) is 0. The quantitative estimate of drug-likeness (QED) is 0.244. The van der Waals surface area contributed by atoms with Gasteiger partial charge in [-0.3, -0.25) is 0 Å². The Kier molecular flexibility index (Phi) is 67.7. The lowest BCUT2D eigenvalue weighted by atomic mass is 10.4. The lowest BCUT2D eigenvalue weighted by Gasteiger charge is -1.96. The van der Waals surface area contributed by atoms with E-state index in [4.69, 9.17) is 29.9 Å². The Bertz CT molecular complexity index is 192. The predicted octanol–water partition coefficient (Wildman–Crippen LogP) is 1.63. The van der Waals surface area contributed by atoms with Gasteiger partial charge in [-0.15, -0.1) is 0 Å². The molecule has 10 nitrogen and oxygen atoms in total. The van der Waals surface area contributed by atoms with Crippen molar-refractivity contribution < 1.29 is 48.8 Å². The molecule has 0 radical (unpaired) electrons. The third-order valence-electron chi connectivity index (χ3n) is 2.34. The molecule has 0 aliphatic carbocycles. The average Bonchev–Trinajstić information content (AvgIpc) is 3.63. The Morgan fingerprint density at radius 3 is 1.23 bits per heavy atom. The molecule has 0 amide bonds. The first-order valence-corrected chi connectivity index (χ1v) is 9.32. The molecule has 2 fully saturated rings. The maximum absolute atomic E-state index is 8.08. The molecule has 2 aliphatic heterocycles. The smallest absolute Gasteiger partial charge is 0.149 e. The van der Waals surface area contributed by atoms with Crippen molar-refractivity contribution in [2.75, 3.05) is 74.2 Å². The van der Waals surface area contributed by atoms with Crippen molar-refractivity contribution in [3.63, 3.8) is 0 Å². The van der Waals surface area contributed by atoms with E-state index in [0.29, 0.717) is 12.7 Å². The highest BCUT2D eigenvalue weighted by molar-refractivity contribution is 4.65. The van der Waals surface area contributed by atoms with Gasteiger partial charge in [0.05, 0.1) is 25.9 Å². The molecule has 0 aromatic heterocycles. The second kappa shape index (κ2) is 46.7. The fraction of sp³-hybridized carbons (Fsp3) is 1.00. The minimum atomic E-state index is -0.264. The summed E-state index contributed by atoms with van der Waals surface area (Å²) in [5, 5.41) is 31.3. The number of hydrogen-bond donors (Lipinski definition) is 4. The van der Waals surface area contributed by atoms with Crippen molar-refractivity contribution in [1.29, 1.82) is 0 Å². The van der Waals surface area contributed by atoms with Crippen LogP contribution in [0.3, 0.4) is 0 Å². The van der Waals surface area contributed by atoms with Crippen LogP contribution >= 0.6 is 0 Å². The summed E-state index contributed by atoms with van der Waals surface area (Å²) in [5.74, 6) is 0. The first-order valence-electron chi connectivity index (χ1n) is 9.32. The molecule has 2 unspecified atom stereocenters. The van der Waals surface area contributed by atoms with Crippen LogP contribution in [0.2, 0.25) is 0 Å². The predicted molar refractivity (Wildman–Crippen MR) is 119 cm³/mol. The second-order valence-electron chi connectivity index (χ2n) is 4.76. The molecular formula is C20H52O10. The molecule has 2 rings (SSSR count). The molecule has 2 saturated heterocycles. The van der Waals surface area contributed by atoms with E-state index in [-0.39, 0.29) is 54.5 Å². The fourth-order valence-corrected chi connectivity index (χ4v) is 0.657. The van der Waals surface area contributed by atoms with E-state index in [0.717, 1.165) is 19.8 Å². The van der Waals surface area contributed by atoms with E-state index < -0.39 is 0 Å². The van der Waals surface area contributed by atoms with Crippen LogP contribution in [0, 0.1) is 0 Å². The largest absolute Gasteiger partial charge is 0.397 e. The minimum absolute atomic E-state index is 0. The SMILES string of the molecule is C.C.CCC1CO1.CCO.CCOC.CCOCOCO.COCO.OCC1CO1. The Balaban J connectivity index is -0.0000000579. The van der Waals surface area contributed by atoms with E-state index in [1.807, 2.05) is 13.8 Å². The zero-order valence-corrected chi connectivity index (χ0v) is 18.5. The second-order valence-corrected chi connectivity index (χ2v) is 4.76. The van der Waals surface area contributed by atoms with Gasteiger partial charge in [0.2, 0.25) is 0 Å². The van der Waals surface area contributed by atoms with Gasteiger partial charge in [-0.05, 0) is 27.2 Å². The maximum atomic E-state index is 8.08. The van der Waals surface area contributed by atoms with Crippen molar-refractivity contribution in [3.8, 4) is 0 Å². The summed E-state index contributed by atoms with van der Waals surface area (Å²) in [6.45, 7) is 11.0. The fourth-order valence-electron chi connectivity index (χ4n) is 0.657. The highest BCUT2D eigenvalue weighted by Crippen LogP contribution is 2.10. The lowest BCUT2D eigenvalue weighted by Crippen LogP contribution is -1.99. The van der Waals surface area contributed by atoms with E-state index >= 15 is 0 Å². The van der Waals surface area contributed by atoms with Crippen LogP contribution in [-0.4, -0.2) is 107 Å². The van der Waals surface area contributed by atoms with E-state index in [9.17, 15) is 0 Å². The summed E-state index contributed by atoms with van der Waals surface area (Å²) in [6.07, 6.45) is 2.02. The topological polar surface area (TPSA) is 143 Å². The zero-order chi connectivity index (χ0) is 22.5. The molecule has 10 heteroatoms. The molecular weight excluding hydrogens is 400 g/mol. The van der Waals surface area contributed by atoms with Gasteiger partial charge in [-0.25, -0.2) is 0 Å². The maximum Gasteiger partial charge on any atom is 0.149 e. The first kappa shape index (κ1) is 43.5. The van der Waals surface area contributed by atoms with Gasteiger partial charge < -0.3 is 48.8 Å². The van der Waals surface area contributed by atoms with E-state index in [2.05, 4.69) is 25.9 Å². The number of ether oxygens (including phenoxy) is 6. The van der Waals surface area contributed by atoms with Crippen molar-refractivity contribution in [1.82, 2.24) is 0 Å². The van der Waals surface area contributed by atoms with Gasteiger partial charge in [0.1, 0.15) is 26.5 Å². The standard InChI is InChI=1S/C4H10O3.C4H8O.C3H6O2.C3H8O.C2H6O2.C2H6O.2CH4/c1-2-6-4-7-3-5;1-2-4-3-5-4;4-1-3-2-5-3;1-3-4-2;1-4-2-3;1-2-3;;/h5H,2-4H2,1H3;4H,2-3H2,1H3;3-4H,1-2H2;3H2,1-2H3;3H,2H2,1H3;3H,2H2,1H3;2*1H4. The Morgan fingerprint density at radius 2 is 1.13 bits per heavy atom. The van der Waals surface area contributed by atoms with Crippen molar-refractivity contribution >= 4 is 0 Å². The van der Waals surface area contributed by atoms with Crippen molar-refractivity contribution in [2.45, 2.75) is 61.2 Å². The highest BCUT2D eigenvalue weighted by atomic mass is 16.7. The minimum Gasteiger partial charge on any atom is -0.397 e. The third kappa shape index (κ3) is 80.2. The summed E-state index contributed by atoms with van der Waals surface area (Å²) in [7, 11) is 3.11. The molecule has 0 aromatic carbocycles. The van der Waals surface area contributed by atoms with Gasteiger partial charge in [0.25, 0.3) is 0 Å². The zero-order valence-electron chi connectivity index (χ0n) is 18.5. The monoisotopic (exact) mass is 452 g/mol. The van der Waals surface area contributed by atoms with Crippen LogP contribution in [0.15, 0.2) is 0 Å². The molecule has 2 atom stereocenters. The number of rotatable bonds is 8. The Labute approximate surface area is 185 Å². The molecule has 2 heterocycles. The van der Waals surface area contributed by atoms with Crippen LogP contribution in [0.1, 0.15) is 49.0 Å². The van der Waals surface area contributed by atoms with Crippen LogP contribution in [-0.2, 0) is 28.4 Å². The molecule has 4 N–H and O–H groups in total. The molecule has 2 aliphatic rings. The van der Waals surface area contributed by atoms with Crippen molar-refractivity contribution in [2.24, 2.45) is 0 Å². The number of aliphatic hydroxyl groups is 4. The van der Waals surface area contributed by atoms with Crippen LogP contribution in [0.5, 0.6) is 0 Å². The number of methoxy groups -OCH3 is 2. The molecule has 0 bridgehead atoms. The summed E-state index contributed by atoms with van der Waals surface area (Å²) in [6, 6.07) is 0. The summed E-state index contributed by atoms with van der Waals surface area (Å²) < 4.78 is 27.2. The van der Waals surface area contributed by atoms with Crippen LogP contribution < -0.4 is 0 Å². The molecule has 30 heavy (non-hydrogen) atoms. The number of aliphatic hydroxyl groups excluding tert-OH is 4. The van der Waals surface area contributed by atoms with Gasteiger partial charge in [-0.2, -0.15) is 0 Å². The van der Waals surface area contributed by atoms with Gasteiger partial charge in [-0.1, -0.05) is 21.8 Å². The first-order chi connectivity index (χ1) is 13.5. The third-order valence-corrected chi connectivity index (χ3v) is 2.34. The summed E-state index contributed by atoms with van der Waals surface area (Å²) in [5.41, 5.74) is 0. The Morgan fingerprint density at radius 1 is 0.733 bits per heavy atom. The number of hydrogen-bond acceptors (Lipinski definition) is 10. The summed E-state index contributed by atoms with van der Waals surface area (Å²) >= 11 is 0. The Hall–Kier alpha value is -0.400. The molecule has 0 saturated carbocycles. The van der Waals surface area contributed by atoms with Crippen molar-refractivity contribution in [3.05, 3.63) is 0 Å². The van der Waals surface area contributed by atoms with Crippen LogP contribution in [0.4, 0.5) is 0 Å². The molecule has 0 aromatic rings. The lowest BCUT2D eigenvalue weighted by molar-refractivity contribution is -0.105. The molecule has 0 spiro atoms. The van der Waals surface area contributed by atoms with Gasteiger partial charge in [0, 0.05) is 34.0 Å². The van der Waals surface area contributed by atoms with E-state index in [1.165, 1.54) is 13.5 Å². The van der Waals surface area contributed by atoms with Gasteiger partial charge >= 0.3 is 0 Å². The van der Waals surface area contributed by atoms with Gasteiger partial charge in [0.15, 0.2) is 0 Å². The normalized spacial score (nSPS) is 16.2. The average molecular weight is 453 g/mol. The molecule has 192 valence electrons. The number of epoxide rings is 2. The van der Waals surface area contributed by atoms with E-state index in [1.54, 1.807) is 14.0 Å². The highest BCUT2D eigenvalue weighted by Gasteiger charge is 2.19. The van der Waals surface area contributed by atoms with Crippen LogP contribution in [0.25, 0.3) is 0 Å².